The predicted octanol–water partition coefficient (Wildman–Crippen LogP) is 2.50. The maximum absolute atomic E-state index is 12.7. The molecule has 0 unspecified atom stereocenters. The first-order chi connectivity index (χ1) is 8.08. The Balaban J connectivity index is 2.58. The predicted molar refractivity (Wildman–Crippen MR) is 58.8 cm³/mol. The van der Waals surface area contributed by atoms with Crippen LogP contribution in [0.4, 0.5) is 10.1 Å². The summed E-state index contributed by atoms with van der Waals surface area (Å²) < 4.78 is 12.7. The van der Waals surface area contributed by atoms with Crippen LogP contribution in [0.15, 0.2) is 30.6 Å². The van der Waals surface area contributed by atoms with Gasteiger partial charge in [0, 0.05) is 24.0 Å². The Morgan fingerprint density at radius 1 is 1.29 bits per heavy atom. The molecule has 2 heterocycles. The first kappa shape index (κ1) is 11.1. The van der Waals surface area contributed by atoms with Crippen molar-refractivity contribution in [2.24, 2.45) is 0 Å². The Morgan fingerprint density at radius 3 is 2.65 bits per heavy atom. The monoisotopic (exact) mass is 233 g/mol. The van der Waals surface area contributed by atoms with Gasteiger partial charge in [0.2, 0.25) is 5.95 Å². The SMILES string of the molecule is Cc1cnc(-c2ccc(F)nc2)c([N+](=O)[O-])c1. The van der Waals surface area contributed by atoms with E-state index < -0.39 is 10.9 Å². The Hall–Kier alpha value is -2.37. The van der Waals surface area contributed by atoms with E-state index in [4.69, 9.17) is 0 Å². The zero-order valence-corrected chi connectivity index (χ0v) is 8.92. The molecular weight excluding hydrogens is 225 g/mol. The van der Waals surface area contributed by atoms with Gasteiger partial charge < -0.3 is 0 Å². The quantitative estimate of drug-likeness (QED) is 0.454. The van der Waals surface area contributed by atoms with Crippen LogP contribution in [0.3, 0.4) is 0 Å². The molecule has 2 rings (SSSR count). The smallest absolute Gasteiger partial charge is 0.258 e. The molecule has 2 aromatic heterocycles. The zero-order valence-electron chi connectivity index (χ0n) is 8.92. The van der Waals surface area contributed by atoms with Gasteiger partial charge in [0.25, 0.3) is 5.69 Å². The fraction of sp³-hybridized carbons (Fsp3) is 0.0909. The highest BCUT2D eigenvalue weighted by atomic mass is 19.1. The number of aromatic nitrogens is 2. The molecule has 5 nitrogen and oxygen atoms in total. The summed E-state index contributed by atoms with van der Waals surface area (Å²) in [5.41, 5.74) is 1.18. The molecule has 0 bridgehead atoms. The molecule has 0 saturated carbocycles. The molecule has 0 radical (unpaired) electrons. The number of hydrogen-bond acceptors (Lipinski definition) is 4. The van der Waals surface area contributed by atoms with Crippen molar-refractivity contribution in [3.8, 4) is 11.3 Å². The molecule has 0 aliphatic heterocycles. The van der Waals surface area contributed by atoms with Gasteiger partial charge >= 0.3 is 0 Å². The fourth-order valence-corrected chi connectivity index (χ4v) is 1.43. The highest BCUT2D eigenvalue weighted by Crippen LogP contribution is 2.27. The molecular formula is C11H8FN3O2. The zero-order chi connectivity index (χ0) is 12.4. The molecule has 0 atom stereocenters. The van der Waals surface area contributed by atoms with E-state index in [0.29, 0.717) is 11.1 Å². The summed E-state index contributed by atoms with van der Waals surface area (Å²) in [4.78, 5) is 17.8. The minimum absolute atomic E-state index is 0.113. The summed E-state index contributed by atoms with van der Waals surface area (Å²) in [6, 6.07) is 3.97. The van der Waals surface area contributed by atoms with Gasteiger partial charge in [-0.15, -0.1) is 0 Å². The van der Waals surface area contributed by atoms with Gasteiger partial charge in [-0.3, -0.25) is 10.1 Å². The van der Waals surface area contributed by atoms with E-state index >= 15 is 0 Å². The van der Waals surface area contributed by atoms with Crippen LogP contribution < -0.4 is 0 Å². The number of hydrogen-bond donors (Lipinski definition) is 0. The lowest BCUT2D eigenvalue weighted by atomic mass is 10.1. The van der Waals surface area contributed by atoms with Crippen LogP contribution in [-0.4, -0.2) is 14.9 Å². The summed E-state index contributed by atoms with van der Waals surface area (Å²) in [6.07, 6.45) is 2.74. The van der Waals surface area contributed by atoms with Gasteiger partial charge in [-0.1, -0.05) is 0 Å². The lowest BCUT2D eigenvalue weighted by Gasteiger charge is -2.02. The molecule has 0 fully saturated rings. The normalized spacial score (nSPS) is 10.2. The van der Waals surface area contributed by atoms with Crippen molar-refractivity contribution < 1.29 is 9.31 Å². The third-order valence-electron chi connectivity index (χ3n) is 2.20. The largest absolute Gasteiger partial charge is 0.295 e. The topological polar surface area (TPSA) is 68.9 Å². The van der Waals surface area contributed by atoms with E-state index in [2.05, 4.69) is 9.97 Å². The van der Waals surface area contributed by atoms with Crippen LogP contribution in [0.5, 0.6) is 0 Å². The van der Waals surface area contributed by atoms with E-state index in [1.807, 2.05) is 0 Å². The van der Waals surface area contributed by atoms with Crippen LogP contribution in [0.1, 0.15) is 5.56 Å². The van der Waals surface area contributed by atoms with Crippen molar-refractivity contribution in [1.29, 1.82) is 0 Å². The van der Waals surface area contributed by atoms with Crippen LogP contribution in [-0.2, 0) is 0 Å². The maximum Gasteiger partial charge on any atom is 0.295 e. The Bertz CT molecular complexity index is 569. The first-order valence-electron chi connectivity index (χ1n) is 4.81. The van der Waals surface area contributed by atoms with Gasteiger partial charge in [-0.05, 0) is 24.6 Å². The Kier molecular flexibility index (Phi) is 2.78. The summed E-state index contributed by atoms with van der Waals surface area (Å²) in [7, 11) is 0. The molecule has 2 aromatic rings. The van der Waals surface area contributed by atoms with Crippen LogP contribution in [0, 0.1) is 23.0 Å². The minimum atomic E-state index is -0.636. The van der Waals surface area contributed by atoms with E-state index in [9.17, 15) is 14.5 Å². The Morgan fingerprint density at radius 2 is 2.06 bits per heavy atom. The fourth-order valence-electron chi connectivity index (χ4n) is 1.43. The second-order valence-corrected chi connectivity index (χ2v) is 3.51. The summed E-state index contributed by atoms with van der Waals surface area (Å²) >= 11 is 0. The number of pyridine rings is 2. The van der Waals surface area contributed by atoms with Crippen molar-refractivity contribution >= 4 is 5.69 Å². The first-order valence-corrected chi connectivity index (χ1v) is 4.81. The molecule has 6 heteroatoms. The highest BCUT2D eigenvalue weighted by molar-refractivity contribution is 5.68. The van der Waals surface area contributed by atoms with E-state index in [1.165, 1.54) is 24.5 Å². The lowest BCUT2D eigenvalue weighted by molar-refractivity contribution is -0.384. The van der Waals surface area contributed by atoms with Gasteiger partial charge in [0.1, 0.15) is 5.69 Å². The molecule has 0 saturated heterocycles. The van der Waals surface area contributed by atoms with Crippen molar-refractivity contribution in [2.45, 2.75) is 6.92 Å². The average Bonchev–Trinajstić information content (AvgIpc) is 2.30. The van der Waals surface area contributed by atoms with Crippen LogP contribution >= 0.6 is 0 Å². The number of nitrogens with zero attached hydrogens (tertiary/aromatic N) is 3. The van der Waals surface area contributed by atoms with Crippen molar-refractivity contribution in [1.82, 2.24) is 9.97 Å². The van der Waals surface area contributed by atoms with Gasteiger partial charge in [-0.2, -0.15) is 4.39 Å². The number of halogens is 1. The molecule has 17 heavy (non-hydrogen) atoms. The second kappa shape index (κ2) is 4.25. The molecule has 0 aliphatic carbocycles. The van der Waals surface area contributed by atoms with Gasteiger partial charge in [0.05, 0.1) is 4.92 Å². The molecule has 0 aliphatic rings. The van der Waals surface area contributed by atoms with Gasteiger partial charge in [-0.25, -0.2) is 9.97 Å². The van der Waals surface area contributed by atoms with E-state index in [-0.39, 0.29) is 11.4 Å². The second-order valence-electron chi connectivity index (χ2n) is 3.51. The standard InChI is InChI=1S/C11H8FN3O2/c1-7-4-9(15(16)17)11(14-5-7)8-2-3-10(12)13-6-8/h2-6H,1H3. The van der Waals surface area contributed by atoms with E-state index in [0.717, 1.165) is 6.07 Å². The molecule has 0 amide bonds. The lowest BCUT2D eigenvalue weighted by Crippen LogP contribution is -1.96. The molecule has 0 N–H and O–H groups in total. The van der Waals surface area contributed by atoms with Gasteiger partial charge in [0.15, 0.2) is 0 Å². The third kappa shape index (κ3) is 2.25. The summed E-state index contributed by atoms with van der Waals surface area (Å²) in [6.45, 7) is 1.71. The van der Waals surface area contributed by atoms with E-state index in [1.54, 1.807) is 6.92 Å². The number of rotatable bonds is 2. The van der Waals surface area contributed by atoms with Crippen LogP contribution in [0.25, 0.3) is 11.3 Å². The minimum Gasteiger partial charge on any atom is -0.258 e. The maximum atomic E-state index is 12.7. The van der Waals surface area contributed by atoms with Crippen LogP contribution in [0.2, 0.25) is 0 Å². The van der Waals surface area contributed by atoms with Crippen molar-refractivity contribution in [2.75, 3.05) is 0 Å². The number of aryl methyl sites for hydroxylation is 1. The van der Waals surface area contributed by atoms with Crippen molar-refractivity contribution in [3.05, 3.63) is 52.2 Å². The highest BCUT2D eigenvalue weighted by Gasteiger charge is 2.17. The average molecular weight is 233 g/mol. The molecule has 0 aromatic carbocycles. The van der Waals surface area contributed by atoms with Crippen molar-refractivity contribution in [3.63, 3.8) is 0 Å². The summed E-state index contributed by atoms with van der Waals surface area (Å²) in [5, 5.41) is 10.9. The number of nitro groups is 1. The summed E-state index contributed by atoms with van der Waals surface area (Å²) in [5.74, 6) is -0.636. The Labute approximate surface area is 96.1 Å². The third-order valence-corrected chi connectivity index (χ3v) is 2.20. The molecule has 0 spiro atoms. The molecule has 86 valence electrons.